The average Bonchev–Trinajstić information content (AvgIpc) is 3.31. The number of benzene rings is 1. The number of ether oxygens (including phenoxy) is 1. The van der Waals surface area contributed by atoms with Crippen molar-refractivity contribution in [2.24, 2.45) is 0 Å². The topological polar surface area (TPSA) is 57.3 Å². The van der Waals surface area contributed by atoms with E-state index in [1.807, 2.05) is 24.3 Å². The predicted octanol–water partition coefficient (Wildman–Crippen LogP) is 4.41. The highest BCUT2D eigenvalue weighted by Gasteiger charge is 2.19. The van der Waals surface area contributed by atoms with E-state index in [1.165, 1.54) is 0 Å². The van der Waals surface area contributed by atoms with E-state index in [0.29, 0.717) is 12.5 Å². The largest absolute Gasteiger partial charge is 0.478 e. The first kappa shape index (κ1) is 20.7. The van der Waals surface area contributed by atoms with Crippen molar-refractivity contribution in [3.8, 4) is 17.3 Å². The molecule has 0 aliphatic carbocycles. The number of aryl methyl sites for hydroxylation is 1. The Labute approximate surface area is 182 Å². The number of aromatic nitrogens is 3. The summed E-state index contributed by atoms with van der Waals surface area (Å²) in [5, 5.41) is 7.78. The van der Waals surface area contributed by atoms with Crippen molar-refractivity contribution in [3.63, 3.8) is 0 Å². The van der Waals surface area contributed by atoms with E-state index in [9.17, 15) is 0 Å². The quantitative estimate of drug-likeness (QED) is 0.541. The van der Waals surface area contributed by atoms with E-state index < -0.39 is 0 Å². The maximum absolute atomic E-state index is 6.49. The summed E-state index contributed by atoms with van der Waals surface area (Å²) in [5.41, 5.74) is 4.04. The van der Waals surface area contributed by atoms with Crippen LogP contribution in [0.3, 0.4) is 0 Å². The van der Waals surface area contributed by atoms with Crippen LogP contribution in [0.1, 0.15) is 18.4 Å². The third kappa shape index (κ3) is 5.12. The summed E-state index contributed by atoms with van der Waals surface area (Å²) in [6, 6.07) is 14.0. The first-order chi connectivity index (χ1) is 14.7. The molecule has 1 N–H and O–H groups in total. The third-order valence-electron chi connectivity index (χ3n) is 5.50. The highest BCUT2D eigenvalue weighted by Crippen LogP contribution is 2.29. The molecule has 0 radical (unpaired) electrons. The summed E-state index contributed by atoms with van der Waals surface area (Å²) < 4.78 is 5.85. The van der Waals surface area contributed by atoms with E-state index in [4.69, 9.17) is 16.3 Å². The van der Waals surface area contributed by atoms with Crippen LogP contribution in [-0.2, 0) is 0 Å². The van der Waals surface area contributed by atoms with E-state index >= 15 is 0 Å². The van der Waals surface area contributed by atoms with Crippen molar-refractivity contribution < 1.29 is 4.74 Å². The van der Waals surface area contributed by atoms with Gasteiger partial charge < -0.3 is 9.64 Å². The van der Waals surface area contributed by atoms with Crippen molar-refractivity contribution >= 4 is 17.3 Å². The van der Waals surface area contributed by atoms with Crippen LogP contribution in [0.5, 0.6) is 5.88 Å². The van der Waals surface area contributed by atoms with Gasteiger partial charge in [-0.1, -0.05) is 29.8 Å². The number of pyridine rings is 1. The zero-order chi connectivity index (χ0) is 20.8. The Balaban J connectivity index is 1.16. The number of hydrogen-bond donors (Lipinski definition) is 1. The van der Waals surface area contributed by atoms with Crippen LogP contribution in [0.15, 0.2) is 48.7 Å². The van der Waals surface area contributed by atoms with Gasteiger partial charge in [0.25, 0.3) is 0 Å². The molecule has 1 aliphatic rings. The molecule has 0 saturated carbocycles. The molecule has 0 amide bonds. The van der Waals surface area contributed by atoms with Crippen LogP contribution >= 0.6 is 11.6 Å². The number of unbranched alkanes of at least 4 members (excludes halogenated alkanes) is 1. The number of hydrogen-bond acceptors (Lipinski definition) is 5. The summed E-state index contributed by atoms with van der Waals surface area (Å²) in [7, 11) is 0. The lowest BCUT2D eigenvalue weighted by Crippen LogP contribution is -2.46. The number of anilines is 1. The highest BCUT2D eigenvalue weighted by atomic mass is 35.5. The molecule has 0 unspecified atom stereocenters. The average molecular weight is 426 g/mol. The molecule has 2 aromatic heterocycles. The lowest BCUT2D eigenvalue weighted by atomic mass is 10.2. The number of aromatic amines is 1. The number of rotatable bonds is 8. The van der Waals surface area contributed by atoms with Crippen LogP contribution in [0.25, 0.3) is 11.4 Å². The molecule has 0 spiro atoms. The lowest BCUT2D eigenvalue weighted by molar-refractivity contribution is 0.236. The second-order valence-electron chi connectivity index (χ2n) is 7.62. The Morgan fingerprint density at radius 1 is 1.03 bits per heavy atom. The molecule has 6 nitrogen and oxygen atoms in total. The van der Waals surface area contributed by atoms with Crippen molar-refractivity contribution in [1.82, 2.24) is 20.1 Å². The summed E-state index contributed by atoms with van der Waals surface area (Å²) in [6.07, 6.45) is 3.85. The van der Waals surface area contributed by atoms with Gasteiger partial charge >= 0.3 is 0 Å². The number of H-pyrrole nitrogens is 1. The number of nitrogens with zero attached hydrogens (tertiary/aromatic N) is 4. The molecule has 30 heavy (non-hydrogen) atoms. The summed E-state index contributed by atoms with van der Waals surface area (Å²) in [4.78, 5) is 9.45. The highest BCUT2D eigenvalue weighted by molar-refractivity contribution is 6.34. The van der Waals surface area contributed by atoms with Gasteiger partial charge in [-0.2, -0.15) is 5.10 Å². The van der Waals surface area contributed by atoms with Gasteiger partial charge in [0.1, 0.15) is 0 Å². The van der Waals surface area contributed by atoms with E-state index in [-0.39, 0.29) is 0 Å². The lowest BCUT2D eigenvalue weighted by Gasteiger charge is -2.36. The Morgan fingerprint density at radius 3 is 2.67 bits per heavy atom. The summed E-state index contributed by atoms with van der Waals surface area (Å²) in [6.45, 7) is 8.01. The minimum Gasteiger partial charge on any atom is -0.478 e. The van der Waals surface area contributed by atoms with E-state index in [0.717, 1.165) is 73.2 Å². The molecular weight excluding hydrogens is 398 g/mol. The molecule has 1 aromatic carbocycles. The molecule has 0 atom stereocenters. The van der Waals surface area contributed by atoms with Crippen molar-refractivity contribution in [2.45, 2.75) is 19.8 Å². The Hall–Kier alpha value is -2.57. The molecule has 3 heterocycles. The van der Waals surface area contributed by atoms with Gasteiger partial charge in [0.2, 0.25) is 5.88 Å². The zero-order valence-corrected chi connectivity index (χ0v) is 18.1. The molecule has 7 heteroatoms. The van der Waals surface area contributed by atoms with Crippen LogP contribution in [0.2, 0.25) is 5.02 Å². The zero-order valence-electron chi connectivity index (χ0n) is 17.4. The monoisotopic (exact) mass is 425 g/mol. The maximum Gasteiger partial charge on any atom is 0.213 e. The van der Waals surface area contributed by atoms with Crippen molar-refractivity contribution in [1.29, 1.82) is 0 Å². The van der Waals surface area contributed by atoms with E-state index in [2.05, 4.69) is 50.1 Å². The molecule has 0 bridgehead atoms. The minimum atomic E-state index is 0.658. The molecule has 1 aliphatic heterocycles. The number of nitrogens with one attached hydrogen (secondary N) is 1. The normalized spacial score (nSPS) is 14.8. The molecule has 1 saturated heterocycles. The van der Waals surface area contributed by atoms with Crippen molar-refractivity contribution in [3.05, 3.63) is 59.2 Å². The van der Waals surface area contributed by atoms with Crippen molar-refractivity contribution in [2.75, 3.05) is 44.2 Å². The molecule has 158 valence electrons. The second-order valence-corrected chi connectivity index (χ2v) is 8.00. The fourth-order valence-corrected chi connectivity index (χ4v) is 3.99. The second kappa shape index (κ2) is 9.96. The predicted molar refractivity (Wildman–Crippen MR) is 121 cm³/mol. The number of piperazine rings is 1. The van der Waals surface area contributed by atoms with E-state index in [1.54, 1.807) is 6.20 Å². The smallest absolute Gasteiger partial charge is 0.213 e. The van der Waals surface area contributed by atoms with Crippen LogP contribution in [0.4, 0.5) is 5.69 Å². The van der Waals surface area contributed by atoms with Gasteiger partial charge in [0, 0.05) is 38.4 Å². The third-order valence-corrected chi connectivity index (χ3v) is 5.99. The molecule has 1 fully saturated rings. The fraction of sp³-hybridized carbons (Fsp3) is 0.391. The Morgan fingerprint density at radius 2 is 1.87 bits per heavy atom. The molecular formula is C23H28ClN5O. The SMILES string of the molecule is Cc1cccc(N2CCN(CCCCOc3cccc(-c4ccn[nH]4)n3)CC2)c1Cl. The number of halogens is 1. The first-order valence-corrected chi connectivity index (χ1v) is 10.9. The van der Waals surface area contributed by atoms with Gasteiger partial charge in [-0.3, -0.25) is 10.00 Å². The minimum absolute atomic E-state index is 0.658. The summed E-state index contributed by atoms with van der Waals surface area (Å²) in [5.74, 6) is 0.658. The standard InChI is InChI=1S/C23H28ClN5O/c1-18-6-4-8-21(23(18)24)29-15-13-28(14-16-29)12-2-3-17-30-22-9-5-7-19(26-22)20-10-11-25-27-20/h4-11H,2-3,12-17H2,1H3,(H,25,27). The Kier molecular flexibility index (Phi) is 6.87. The Bertz CT molecular complexity index is 939. The van der Waals surface area contributed by atoms with Gasteiger partial charge in [0.15, 0.2) is 0 Å². The maximum atomic E-state index is 6.49. The molecule has 4 rings (SSSR count). The van der Waals surface area contributed by atoms with Crippen LogP contribution < -0.4 is 9.64 Å². The fourth-order valence-electron chi connectivity index (χ4n) is 3.75. The first-order valence-electron chi connectivity index (χ1n) is 10.5. The molecule has 3 aromatic rings. The van der Waals surface area contributed by atoms with Gasteiger partial charge in [-0.25, -0.2) is 4.98 Å². The summed E-state index contributed by atoms with van der Waals surface area (Å²) >= 11 is 6.49. The van der Waals surface area contributed by atoms with Gasteiger partial charge in [0.05, 0.1) is 28.7 Å². The van der Waals surface area contributed by atoms with Crippen LogP contribution in [-0.4, -0.2) is 59.4 Å². The van der Waals surface area contributed by atoms with Gasteiger partial charge in [-0.05, 0) is 50.1 Å². The van der Waals surface area contributed by atoms with Crippen LogP contribution in [0, 0.1) is 6.92 Å². The van der Waals surface area contributed by atoms with Gasteiger partial charge in [-0.15, -0.1) is 0 Å².